The lowest BCUT2D eigenvalue weighted by atomic mass is 9.98. The summed E-state index contributed by atoms with van der Waals surface area (Å²) < 4.78 is 25.7. The molecule has 0 bridgehead atoms. The van der Waals surface area contributed by atoms with Crippen molar-refractivity contribution in [2.75, 3.05) is 31.9 Å². The van der Waals surface area contributed by atoms with Crippen molar-refractivity contribution < 1.29 is 8.42 Å². The van der Waals surface area contributed by atoms with E-state index in [0.717, 1.165) is 25.9 Å². The summed E-state index contributed by atoms with van der Waals surface area (Å²) >= 11 is 0. The first-order chi connectivity index (χ1) is 7.95. The maximum Gasteiger partial charge on any atom is 0.214 e. The smallest absolute Gasteiger partial charge is 0.214 e. The lowest BCUT2D eigenvalue weighted by Gasteiger charge is -2.31. The Labute approximate surface area is 106 Å². The molecule has 0 aromatic carbocycles. The van der Waals surface area contributed by atoms with Crippen LogP contribution in [0.1, 0.15) is 33.6 Å². The predicted octanol–water partition coefficient (Wildman–Crippen LogP) is 1.29. The predicted molar refractivity (Wildman–Crippen MR) is 71.5 cm³/mol. The molecule has 102 valence electrons. The Morgan fingerprint density at radius 3 is 2.35 bits per heavy atom. The molecule has 1 saturated heterocycles. The summed E-state index contributed by atoms with van der Waals surface area (Å²) in [5.41, 5.74) is 0. The van der Waals surface area contributed by atoms with Crippen LogP contribution in [0, 0.1) is 11.8 Å². The molecule has 1 aliphatic heterocycles. The van der Waals surface area contributed by atoms with Gasteiger partial charge in [0, 0.05) is 13.1 Å². The van der Waals surface area contributed by atoms with Crippen molar-refractivity contribution in [2.24, 2.45) is 11.8 Å². The first-order valence-corrected chi connectivity index (χ1v) is 8.25. The number of nitrogens with one attached hydrogen (secondary N) is 1. The molecule has 0 atom stereocenters. The molecule has 1 N–H and O–H groups in total. The van der Waals surface area contributed by atoms with Gasteiger partial charge in [0.25, 0.3) is 0 Å². The zero-order chi connectivity index (χ0) is 12.9. The number of hydrogen-bond acceptors (Lipinski definition) is 3. The number of nitrogens with zero attached hydrogens (tertiary/aromatic N) is 1. The van der Waals surface area contributed by atoms with Gasteiger partial charge in [-0.25, -0.2) is 12.7 Å². The monoisotopic (exact) mass is 262 g/mol. The van der Waals surface area contributed by atoms with Crippen molar-refractivity contribution in [1.29, 1.82) is 0 Å². The molecule has 17 heavy (non-hydrogen) atoms. The second kappa shape index (κ2) is 6.71. The molecule has 1 rings (SSSR count). The summed E-state index contributed by atoms with van der Waals surface area (Å²) in [6.45, 7) is 9.42. The first kappa shape index (κ1) is 14.9. The normalized spacial score (nSPS) is 20.0. The van der Waals surface area contributed by atoms with Crippen molar-refractivity contribution in [1.82, 2.24) is 9.62 Å². The molecular formula is C12H26N2O2S. The minimum atomic E-state index is -3.01. The molecule has 0 amide bonds. The second-order valence-corrected chi connectivity index (χ2v) is 7.34. The van der Waals surface area contributed by atoms with E-state index in [0.29, 0.717) is 19.0 Å². The van der Waals surface area contributed by atoms with Crippen molar-refractivity contribution in [2.45, 2.75) is 33.6 Å². The molecule has 0 unspecified atom stereocenters. The highest BCUT2D eigenvalue weighted by Gasteiger charge is 2.28. The molecule has 1 fully saturated rings. The third-order valence-electron chi connectivity index (χ3n) is 3.19. The first-order valence-electron chi connectivity index (χ1n) is 6.64. The van der Waals surface area contributed by atoms with Gasteiger partial charge in [-0.05, 0) is 37.8 Å². The molecular weight excluding hydrogens is 236 g/mol. The standard InChI is InChI=1S/C12H26N2O2S/c1-4-13-9-12-5-7-14(8-6-12)17(15,16)10-11(2)3/h11-13H,4-10H2,1-3H3. The molecule has 1 aliphatic rings. The fourth-order valence-electron chi connectivity index (χ4n) is 2.27. The quantitative estimate of drug-likeness (QED) is 0.785. The van der Waals surface area contributed by atoms with Crippen molar-refractivity contribution in [3.8, 4) is 0 Å². The summed E-state index contributed by atoms with van der Waals surface area (Å²) in [7, 11) is -3.01. The third-order valence-corrected chi connectivity index (χ3v) is 5.43. The molecule has 0 aliphatic carbocycles. The van der Waals surface area contributed by atoms with E-state index in [-0.39, 0.29) is 11.7 Å². The molecule has 0 aromatic rings. The van der Waals surface area contributed by atoms with E-state index in [1.807, 2.05) is 13.8 Å². The van der Waals surface area contributed by atoms with E-state index >= 15 is 0 Å². The molecule has 4 nitrogen and oxygen atoms in total. The van der Waals surface area contributed by atoms with Gasteiger partial charge in [-0.2, -0.15) is 0 Å². The number of piperidine rings is 1. The van der Waals surface area contributed by atoms with Crippen LogP contribution in [-0.2, 0) is 10.0 Å². The number of rotatable bonds is 6. The van der Waals surface area contributed by atoms with E-state index in [4.69, 9.17) is 0 Å². The van der Waals surface area contributed by atoms with Crippen LogP contribution in [0.15, 0.2) is 0 Å². The van der Waals surface area contributed by atoms with Crippen LogP contribution in [-0.4, -0.2) is 44.7 Å². The minimum Gasteiger partial charge on any atom is -0.317 e. The fourth-order valence-corrected chi connectivity index (χ4v) is 4.09. The summed E-state index contributed by atoms with van der Waals surface area (Å²) in [6.07, 6.45) is 1.98. The van der Waals surface area contributed by atoms with E-state index in [2.05, 4.69) is 12.2 Å². The van der Waals surface area contributed by atoms with E-state index in [9.17, 15) is 8.42 Å². The van der Waals surface area contributed by atoms with Crippen LogP contribution in [0.5, 0.6) is 0 Å². The van der Waals surface area contributed by atoms with Gasteiger partial charge in [0.15, 0.2) is 0 Å². The van der Waals surface area contributed by atoms with Gasteiger partial charge in [0.2, 0.25) is 10.0 Å². The Hall–Kier alpha value is -0.130. The van der Waals surface area contributed by atoms with Crippen LogP contribution < -0.4 is 5.32 Å². The maximum atomic E-state index is 12.0. The number of hydrogen-bond donors (Lipinski definition) is 1. The van der Waals surface area contributed by atoms with Crippen LogP contribution in [0.25, 0.3) is 0 Å². The molecule has 5 heteroatoms. The molecule has 0 saturated carbocycles. The van der Waals surface area contributed by atoms with Gasteiger partial charge in [0.1, 0.15) is 0 Å². The Kier molecular flexibility index (Phi) is 5.89. The highest BCUT2D eigenvalue weighted by atomic mass is 32.2. The Balaban J connectivity index is 2.41. The van der Waals surface area contributed by atoms with Crippen LogP contribution in [0.3, 0.4) is 0 Å². The summed E-state index contributed by atoms with van der Waals surface area (Å²) in [5.74, 6) is 1.13. The van der Waals surface area contributed by atoms with Crippen molar-refractivity contribution in [3.63, 3.8) is 0 Å². The van der Waals surface area contributed by atoms with E-state index in [1.165, 1.54) is 0 Å². The van der Waals surface area contributed by atoms with Crippen molar-refractivity contribution in [3.05, 3.63) is 0 Å². The minimum absolute atomic E-state index is 0.208. The third kappa shape index (κ3) is 4.94. The van der Waals surface area contributed by atoms with Crippen LogP contribution in [0.4, 0.5) is 0 Å². The van der Waals surface area contributed by atoms with Gasteiger partial charge in [-0.3, -0.25) is 0 Å². The fraction of sp³-hybridized carbons (Fsp3) is 1.00. The Morgan fingerprint density at radius 1 is 1.29 bits per heavy atom. The topological polar surface area (TPSA) is 49.4 Å². The highest BCUT2D eigenvalue weighted by molar-refractivity contribution is 7.89. The maximum absolute atomic E-state index is 12.0. The van der Waals surface area contributed by atoms with Gasteiger partial charge in [-0.1, -0.05) is 20.8 Å². The number of sulfonamides is 1. The average molecular weight is 262 g/mol. The average Bonchev–Trinajstić information content (AvgIpc) is 2.25. The molecule has 0 aromatic heterocycles. The Bertz CT molecular complexity index is 306. The van der Waals surface area contributed by atoms with E-state index in [1.54, 1.807) is 4.31 Å². The summed E-state index contributed by atoms with van der Waals surface area (Å²) in [5, 5.41) is 3.34. The zero-order valence-electron chi connectivity index (χ0n) is 11.3. The van der Waals surface area contributed by atoms with Gasteiger partial charge < -0.3 is 5.32 Å². The van der Waals surface area contributed by atoms with Crippen LogP contribution >= 0.6 is 0 Å². The largest absolute Gasteiger partial charge is 0.317 e. The van der Waals surface area contributed by atoms with Gasteiger partial charge in [0.05, 0.1) is 5.75 Å². The zero-order valence-corrected chi connectivity index (χ0v) is 12.1. The highest BCUT2D eigenvalue weighted by Crippen LogP contribution is 2.20. The molecule has 0 spiro atoms. The summed E-state index contributed by atoms with van der Waals surface area (Å²) in [6, 6.07) is 0. The Morgan fingerprint density at radius 2 is 1.88 bits per heavy atom. The molecule has 0 radical (unpaired) electrons. The second-order valence-electron chi connectivity index (χ2n) is 5.32. The van der Waals surface area contributed by atoms with Crippen molar-refractivity contribution >= 4 is 10.0 Å². The van der Waals surface area contributed by atoms with Gasteiger partial charge >= 0.3 is 0 Å². The van der Waals surface area contributed by atoms with E-state index < -0.39 is 10.0 Å². The summed E-state index contributed by atoms with van der Waals surface area (Å²) in [4.78, 5) is 0. The lowest BCUT2D eigenvalue weighted by Crippen LogP contribution is -2.42. The van der Waals surface area contributed by atoms with Gasteiger partial charge in [-0.15, -0.1) is 0 Å². The lowest BCUT2D eigenvalue weighted by molar-refractivity contribution is 0.267. The van der Waals surface area contributed by atoms with Crippen LogP contribution in [0.2, 0.25) is 0 Å². The molecule has 1 heterocycles. The SMILES string of the molecule is CCNCC1CCN(S(=O)(=O)CC(C)C)CC1.